The summed E-state index contributed by atoms with van der Waals surface area (Å²) in [5, 5.41) is 0.780. The van der Waals surface area contributed by atoms with Crippen molar-refractivity contribution in [2.45, 2.75) is 5.92 Å². The lowest BCUT2D eigenvalue weighted by atomic mass is 9.93. The lowest BCUT2D eigenvalue weighted by molar-refractivity contribution is 1.05. The van der Waals surface area contributed by atoms with Crippen molar-refractivity contribution >= 4 is 17.2 Å². The van der Waals surface area contributed by atoms with E-state index < -0.39 is 0 Å². The van der Waals surface area contributed by atoms with E-state index in [1.165, 1.54) is 27.8 Å². The standard InChI is InChI=1S/C21H15Cl/c22-17-12-10-16(11-13-17)21-14-20(15-6-2-1-3-7-15)18-8-4-5-9-19(18)21/h1-14,21H. The second-order valence-corrected chi connectivity index (χ2v) is 6.00. The van der Waals surface area contributed by atoms with Crippen LogP contribution in [0.15, 0.2) is 84.9 Å². The number of hydrogen-bond donors (Lipinski definition) is 0. The third kappa shape index (κ3) is 2.26. The van der Waals surface area contributed by atoms with Gasteiger partial charge < -0.3 is 0 Å². The number of fused-ring (bicyclic) bond motifs is 1. The molecule has 0 fully saturated rings. The van der Waals surface area contributed by atoms with E-state index in [4.69, 9.17) is 11.6 Å². The molecule has 1 heteroatoms. The highest BCUT2D eigenvalue weighted by Gasteiger charge is 2.24. The molecule has 0 heterocycles. The van der Waals surface area contributed by atoms with Crippen LogP contribution in [0.25, 0.3) is 5.57 Å². The maximum absolute atomic E-state index is 6.03. The van der Waals surface area contributed by atoms with Gasteiger partial charge in [-0.25, -0.2) is 0 Å². The molecule has 1 aliphatic rings. The van der Waals surface area contributed by atoms with E-state index in [0.29, 0.717) is 5.92 Å². The molecule has 0 aromatic heterocycles. The fourth-order valence-corrected chi connectivity index (χ4v) is 3.30. The molecule has 0 spiro atoms. The topological polar surface area (TPSA) is 0 Å². The van der Waals surface area contributed by atoms with Crippen LogP contribution in [0.3, 0.4) is 0 Å². The first kappa shape index (κ1) is 13.4. The first-order valence-electron chi connectivity index (χ1n) is 7.45. The predicted octanol–water partition coefficient (Wildman–Crippen LogP) is 5.92. The molecule has 22 heavy (non-hydrogen) atoms. The molecule has 1 atom stereocenters. The predicted molar refractivity (Wildman–Crippen MR) is 93.3 cm³/mol. The fraction of sp³-hybridized carbons (Fsp3) is 0.0476. The van der Waals surface area contributed by atoms with Crippen LogP contribution in [-0.2, 0) is 0 Å². The maximum atomic E-state index is 6.03. The van der Waals surface area contributed by atoms with Crippen molar-refractivity contribution in [2.75, 3.05) is 0 Å². The largest absolute Gasteiger partial charge is 0.0843 e. The van der Waals surface area contributed by atoms with Crippen LogP contribution >= 0.6 is 11.6 Å². The first-order valence-corrected chi connectivity index (χ1v) is 7.83. The Morgan fingerprint density at radius 2 is 1.36 bits per heavy atom. The fourth-order valence-electron chi connectivity index (χ4n) is 3.18. The lowest BCUT2D eigenvalue weighted by Gasteiger charge is -2.11. The van der Waals surface area contributed by atoms with Gasteiger partial charge in [-0.3, -0.25) is 0 Å². The molecule has 4 rings (SSSR count). The summed E-state index contributed by atoms with van der Waals surface area (Å²) in [6.45, 7) is 0. The lowest BCUT2D eigenvalue weighted by Crippen LogP contribution is -1.95. The van der Waals surface area contributed by atoms with Crippen molar-refractivity contribution < 1.29 is 0 Å². The van der Waals surface area contributed by atoms with Gasteiger partial charge in [0, 0.05) is 10.9 Å². The summed E-state index contributed by atoms with van der Waals surface area (Å²) in [6, 6.07) is 27.4. The van der Waals surface area contributed by atoms with E-state index in [-0.39, 0.29) is 0 Å². The van der Waals surface area contributed by atoms with Crippen molar-refractivity contribution in [2.24, 2.45) is 0 Å². The minimum atomic E-state index is 0.295. The third-order valence-electron chi connectivity index (χ3n) is 4.23. The van der Waals surface area contributed by atoms with E-state index in [1.807, 2.05) is 12.1 Å². The summed E-state index contributed by atoms with van der Waals surface area (Å²) in [5.74, 6) is 0.295. The number of allylic oxidation sites excluding steroid dienone is 1. The number of rotatable bonds is 2. The van der Waals surface area contributed by atoms with E-state index in [0.717, 1.165) is 5.02 Å². The molecule has 0 saturated carbocycles. The zero-order valence-electron chi connectivity index (χ0n) is 12.0. The van der Waals surface area contributed by atoms with Gasteiger partial charge in [0.15, 0.2) is 0 Å². The molecule has 1 unspecified atom stereocenters. The monoisotopic (exact) mass is 302 g/mol. The van der Waals surface area contributed by atoms with Gasteiger partial charge in [-0.2, -0.15) is 0 Å². The second kappa shape index (κ2) is 5.47. The molecule has 0 amide bonds. The molecule has 3 aromatic rings. The highest BCUT2D eigenvalue weighted by Crippen LogP contribution is 2.42. The van der Waals surface area contributed by atoms with Gasteiger partial charge in [0.25, 0.3) is 0 Å². The Hall–Kier alpha value is -2.31. The average Bonchev–Trinajstić information content (AvgIpc) is 2.96. The maximum Gasteiger partial charge on any atom is 0.0406 e. The van der Waals surface area contributed by atoms with Gasteiger partial charge in [-0.05, 0) is 40.0 Å². The van der Waals surface area contributed by atoms with Crippen LogP contribution < -0.4 is 0 Å². The van der Waals surface area contributed by atoms with Crippen molar-refractivity contribution in [1.82, 2.24) is 0 Å². The van der Waals surface area contributed by atoms with Gasteiger partial charge in [-0.15, -0.1) is 0 Å². The van der Waals surface area contributed by atoms with Crippen LogP contribution in [0, 0.1) is 0 Å². The van der Waals surface area contributed by atoms with E-state index in [9.17, 15) is 0 Å². The number of hydrogen-bond acceptors (Lipinski definition) is 0. The highest BCUT2D eigenvalue weighted by molar-refractivity contribution is 6.30. The summed E-state index contributed by atoms with van der Waals surface area (Å²) in [6.07, 6.45) is 2.36. The van der Waals surface area contributed by atoms with Crippen molar-refractivity contribution in [3.8, 4) is 0 Å². The van der Waals surface area contributed by atoms with Crippen molar-refractivity contribution in [3.63, 3.8) is 0 Å². The minimum Gasteiger partial charge on any atom is -0.0843 e. The van der Waals surface area contributed by atoms with Gasteiger partial charge in [0.05, 0.1) is 0 Å². The molecule has 106 valence electrons. The Morgan fingerprint density at radius 1 is 0.682 bits per heavy atom. The summed E-state index contributed by atoms with van der Waals surface area (Å²) in [4.78, 5) is 0. The van der Waals surface area contributed by atoms with E-state index in [2.05, 4.69) is 72.8 Å². The molecule has 0 saturated heterocycles. The SMILES string of the molecule is Clc1ccc(C2C=C(c3ccccc3)c3ccccc32)cc1. The van der Waals surface area contributed by atoms with Crippen LogP contribution in [0.5, 0.6) is 0 Å². The van der Waals surface area contributed by atoms with Gasteiger partial charge in [0.1, 0.15) is 0 Å². The summed E-state index contributed by atoms with van der Waals surface area (Å²) in [5.41, 5.74) is 6.56. The number of benzene rings is 3. The van der Waals surface area contributed by atoms with E-state index in [1.54, 1.807) is 0 Å². The molecule has 0 aliphatic heterocycles. The molecule has 1 aliphatic carbocycles. The summed E-state index contributed by atoms with van der Waals surface area (Å²) < 4.78 is 0. The molecular weight excluding hydrogens is 288 g/mol. The smallest absolute Gasteiger partial charge is 0.0406 e. The van der Waals surface area contributed by atoms with Crippen molar-refractivity contribution in [3.05, 3.63) is 112 Å². The van der Waals surface area contributed by atoms with Crippen molar-refractivity contribution in [1.29, 1.82) is 0 Å². The van der Waals surface area contributed by atoms with Gasteiger partial charge in [-0.1, -0.05) is 84.4 Å². The van der Waals surface area contributed by atoms with E-state index >= 15 is 0 Å². The molecule has 3 aromatic carbocycles. The normalized spacial score (nSPS) is 16.2. The van der Waals surface area contributed by atoms with Gasteiger partial charge >= 0.3 is 0 Å². The molecular formula is C21H15Cl. The Morgan fingerprint density at radius 3 is 2.14 bits per heavy atom. The minimum absolute atomic E-state index is 0.295. The zero-order chi connectivity index (χ0) is 14.9. The molecule has 0 nitrogen and oxygen atoms in total. The average molecular weight is 303 g/mol. The van der Waals surface area contributed by atoms with Crippen LogP contribution in [-0.4, -0.2) is 0 Å². The second-order valence-electron chi connectivity index (χ2n) is 5.56. The van der Waals surface area contributed by atoms with Crippen LogP contribution in [0.2, 0.25) is 5.02 Å². The molecule has 0 radical (unpaired) electrons. The Labute approximate surface area is 135 Å². The molecule has 0 bridgehead atoms. The Kier molecular flexibility index (Phi) is 3.32. The van der Waals surface area contributed by atoms with Crippen LogP contribution in [0.4, 0.5) is 0 Å². The Balaban J connectivity index is 1.86. The summed E-state index contributed by atoms with van der Waals surface area (Å²) in [7, 11) is 0. The zero-order valence-corrected chi connectivity index (χ0v) is 12.8. The highest BCUT2D eigenvalue weighted by atomic mass is 35.5. The number of halogens is 1. The quantitative estimate of drug-likeness (QED) is 0.551. The van der Waals surface area contributed by atoms with Crippen LogP contribution in [0.1, 0.15) is 28.2 Å². The molecule has 0 N–H and O–H groups in total. The van der Waals surface area contributed by atoms with Gasteiger partial charge in [0.2, 0.25) is 0 Å². The third-order valence-corrected chi connectivity index (χ3v) is 4.49. The Bertz CT molecular complexity index is 829. The first-order chi connectivity index (χ1) is 10.8. The summed E-state index contributed by atoms with van der Waals surface area (Å²) >= 11 is 6.03.